The normalized spacial score (nSPS) is 17.6. The second-order valence-electron chi connectivity index (χ2n) is 2.36. The summed E-state index contributed by atoms with van der Waals surface area (Å²) < 4.78 is 0. The van der Waals surface area contributed by atoms with Gasteiger partial charge in [-0.1, -0.05) is 6.92 Å². The van der Waals surface area contributed by atoms with Crippen LogP contribution >= 0.6 is 0 Å². The van der Waals surface area contributed by atoms with Gasteiger partial charge in [0.05, 0.1) is 6.67 Å². The maximum absolute atomic E-state index is 3.78. The van der Waals surface area contributed by atoms with E-state index in [0.717, 1.165) is 19.6 Å². The molecule has 0 saturated heterocycles. The van der Waals surface area contributed by atoms with Crippen LogP contribution in [0.5, 0.6) is 0 Å². The highest BCUT2D eigenvalue weighted by atomic mass is 15.3. The third kappa shape index (κ3) is 1.63. The van der Waals surface area contributed by atoms with E-state index in [4.69, 9.17) is 0 Å². The minimum absolute atomic E-state index is 0.984. The highest BCUT2D eigenvalue weighted by Gasteiger charge is 2.04. The molecule has 1 aliphatic heterocycles. The molecule has 1 rings (SSSR count). The minimum Gasteiger partial charge on any atom is -0.362 e. The van der Waals surface area contributed by atoms with Gasteiger partial charge < -0.3 is 9.80 Å². The quantitative estimate of drug-likeness (QED) is 0.540. The van der Waals surface area contributed by atoms with Gasteiger partial charge in [-0.05, 0) is 6.42 Å². The first kappa shape index (κ1) is 6.46. The Bertz CT molecular complexity index is 109. The lowest BCUT2D eigenvalue weighted by atomic mass is 10.4. The van der Waals surface area contributed by atoms with E-state index in [1.54, 1.807) is 0 Å². The Labute approximate surface area is 56.8 Å². The van der Waals surface area contributed by atoms with E-state index >= 15 is 0 Å². The van der Waals surface area contributed by atoms with Crippen molar-refractivity contribution in [2.75, 3.05) is 20.3 Å². The molecule has 0 amide bonds. The first-order valence-corrected chi connectivity index (χ1v) is 3.25. The van der Waals surface area contributed by atoms with Gasteiger partial charge >= 0.3 is 0 Å². The Hall–Kier alpha value is -0.660. The van der Waals surface area contributed by atoms with E-state index in [9.17, 15) is 0 Å². The van der Waals surface area contributed by atoms with Crippen LogP contribution in [0.15, 0.2) is 12.4 Å². The van der Waals surface area contributed by atoms with Crippen LogP contribution in [0.1, 0.15) is 6.42 Å². The van der Waals surface area contributed by atoms with Gasteiger partial charge in [-0.3, -0.25) is 0 Å². The molecule has 0 aromatic carbocycles. The fourth-order valence-electron chi connectivity index (χ4n) is 0.937. The van der Waals surface area contributed by atoms with E-state index < -0.39 is 0 Å². The summed E-state index contributed by atoms with van der Waals surface area (Å²) in [7, 11) is 2.07. The van der Waals surface area contributed by atoms with Gasteiger partial charge in [0.15, 0.2) is 0 Å². The Morgan fingerprint density at radius 3 is 2.78 bits per heavy atom. The highest BCUT2D eigenvalue weighted by Crippen LogP contribution is 2.02. The Morgan fingerprint density at radius 1 is 1.56 bits per heavy atom. The van der Waals surface area contributed by atoms with Crippen LogP contribution in [0.3, 0.4) is 0 Å². The minimum atomic E-state index is 0.984. The van der Waals surface area contributed by atoms with Crippen LogP contribution in [0, 0.1) is 6.92 Å². The molecule has 0 aromatic heterocycles. The number of hydrogen-bond donors (Lipinski definition) is 0. The maximum Gasteiger partial charge on any atom is 0.0890 e. The van der Waals surface area contributed by atoms with Crippen molar-refractivity contribution in [3.63, 3.8) is 0 Å². The van der Waals surface area contributed by atoms with Gasteiger partial charge in [-0.2, -0.15) is 0 Å². The van der Waals surface area contributed by atoms with E-state index in [0.29, 0.717) is 0 Å². The molecule has 2 heteroatoms. The van der Waals surface area contributed by atoms with Crippen LogP contribution in [0.25, 0.3) is 0 Å². The summed E-state index contributed by atoms with van der Waals surface area (Å²) in [6.45, 7) is 5.87. The number of hydrogen-bond acceptors (Lipinski definition) is 2. The number of rotatable bonds is 2. The molecular formula is C7H13N2. The Morgan fingerprint density at radius 2 is 2.33 bits per heavy atom. The molecule has 0 N–H and O–H groups in total. The van der Waals surface area contributed by atoms with E-state index in [1.807, 2.05) is 0 Å². The average molecular weight is 125 g/mol. The molecule has 0 unspecified atom stereocenters. The number of nitrogens with zero attached hydrogens (tertiary/aromatic N) is 2. The van der Waals surface area contributed by atoms with Gasteiger partial charge in [0.25, 0.3) is 0 Å². The van der Waals surface area contributed by atoms with E-state index in [1.165, 1.54) is 0 Å². The molecular weight excluding hydrogens is 112 g/mol. The second kappa shape index (κ2) is 2.76. The third-order valence-electron chi connectivity index (χ3n) is 1.38. The first-order valence-electron chi connectivity index (χ1n) is 3.25. The standard InChI is InChI=1S/C7H13N2/c1-3-4-9-6-5-8(2)7-9/h5-6H,1,3-4,7H2,2H3. The summed E-state index contributed by atoms with van der Waals surface area (Å²) in [5.74, 6) is 0. The zero-order valence-corrected chi connectivity index (χ0v) is 5.88. The van der Waals surface area contributed by atoms with Gasteiger partial charge in [-0.25, -0.2) is 0 Å². The predicted octanol–water partition coefficient (Wildman–Crippen LogP) is 0.887. The molecule has 1 heterocycles. The largest absolute Gasteiger partial charge is 0.362 e. The summed E-state index contributed by atoms with van der Waals surface area (Å²) in [4.78, 5) is 4.39. The van der Waals surface area contributed by atoms with Crippen molar-refractivity contribution in [1.29, 1.82) is 0 Å². The van der Waals surface area contributed by atoms with Crippen molar-refractivity contribution in [2.45, 2.75) is 6.42 Å². The van der Waals surface area contributed by atoms with Crippen molar-refractivity contribution in [2.24, 2.45) is 0 Å². The highest BCUT2D eigenvalue weighted by molar-refractivity contribution is 4.88. The Balaban J connectivity index is 2.24. The van der Waals surface area contributed by atoms with Gasteiger partial charge in [0, 0.05) is 26.0 Å². The second-order valence-corrected chi connectivity index (χ2v) is 2.36. The lowest BCUT2D eigenvalue weighted by molar-refractivity contribution is 0.300. The van der Waals surface area contributed by atoms with Crippen molar-refractivity contribution in [1.82, 2.24) is 9.80 Å². The molecule has 1 aliphatic rings. The predicted molar refractivity (Wildman–Crippen MR) is 38.5 cm³/mol. The lowest BCUT2D eigenvalue weighted by Crippen LogP contribution is -2.22. The summed E-state index contributed by atoms with van der Waals surface area (Å²) in [5, 5.41) is 0. The van der Waals surface area contributed by atoms with Crippen LogP contribution < -0.4 is 0 Å². The molecule has 0 spiro atoms. The lowest BCUT2D eigenvalue weighted by Gasteiger charge is -2.16. The smallest absolute Gasteiger partial charge is 0.0890 e. The van der Waals surface area contributed by atoms with Crippen LogP contribution in [0.2, 0.25) is 0 Å². The zero-order chi connectivity index (χ0) is 6.69. The molecule has 0 aromatic rings. The topological polar surface area (TPSA) is 6.48 Å². The molecule has 0 fully saturated rings. The monoisotopic (exact) mass is 125 g/mol. The first-order chi connectivity index (χ1) is 4.33. The summed E-state index contributed by atoms with van der Waals surface area (Å²) in [6, 6.07) is 0. The van der Waals surface area contributed by atoms with Gasteiger partial charge in [-0.15, -0.1) is 0 Å². The molecule has 0 saturated carbocycles. The fraction of sp³-hybridized carbons (Fsp3) is 0.571. The zero-order valence-electron chi connectivity index (χ0n) is 5.88. The van der Waals surface area contributed by atoms with Gasteiger partial charge in [0.1, 0.15) is 0 Å². The van der Waals surface area contributed by atoms with E-state index in [-0.39, 0.29) is 0 Å². The fourth-order valence-corrected chi connectivity index (χ4v) is 0.937. The van der Waals surface area contributed by atoms with Crippen LogP contribution in [0.4, 0.5) is 0 Å². The molecule has 9 heavy (non-hydrogen) atoms. The summed E-state index contributed by atoms with van der Waals surface area (Å²) >= 11 is 0. The van der Waals surface area contributed by atoms with Crippen LogP contribution in [-0.4, -0.2) is 30.1 Å². The van der Waals surface area contributed by atoms with Crippen molar-refractivity contribution < 1.29 is 0 Å². The SMILES string of the molecule is [CH2]CCN1C=CN(C)C1. The van der Waals surface area contributed by atoms with Crippen molar-refractivity contribution in [3.05, 3.63) is 19.3 Å². The van der Waals surface area contributed by atoms with Crippen molar-refractivity contribution >= 4 is 0 Å². The summed E-state index contributed by atoms with van der Waals surface area (Å²) in [5.41, 5.74) is 0. The Kier molecular flexibility index (Phi) is 1.98. The molecule has 0 atom stereocenters. The molecule has 2 nitrogen and oxygen atoms in total. The van der Waals surface area contributed by atoms with E-state index in [2.05, 4.69) is 36.2 Å². The van der Waals surface area contributed by atoms with Gasteiger partial charge in [0.2, 0.25) is 0 Å². The molecule has 51 valence electrons. The van der Waals surface area contributed by atoms with Crippen LogP contribution in [-0.2, 0) is 0 Å². The molecule has 1 radical (unpaired) electrons. The summed E-state index contributed by atoms with van der Waals surface area (Å²) in [6.07, 6.45) is 5.17. The molecule has 0 bridgehead atoms. The van der Waals surface area contributed by atoms with Crippen molar-refractivity contribution in [3.8, 4) is 0 Å². The molecule has 0 aliphatic carbocycles. The maximum atomic E-state index is 3.78. The third-order valence-corrected chi connectivity index (χ3v) is 1.38. The average Bonchev–Trinajstić information content (AvgIpc) is 2.17.